The van der Waals surface area contributed by atoms with Crippen LogP contribution in [0, 0.1) is 5.92 Å². The van der Waals surface area contributed by atoms with Gasteiger partial charge in [-0.3, -0.25) is 14.5 Å². The molecule has 4 N–H and O–H groups in total. The number of halogens is 2. The molecule has 2 heterocycles. The van der Waals surface area contributed by atoms with Crippen LogP contribution >= 0.6 is 24.8 Å². The number of nitrogens with zero attached hydrogens (tertiary/aromatic N) is 1. The van der Waals surface area contributed by atoms with Crippen molar-refractivity contribution in [3.05, 3.63) is 24.3 Å². The van der Waals surface area contributed by atoms with E-state index >= 15 is 0 Å². The van der Waals surface area contributed by atoms with Gasteiger partial charge in [0.15, 0.2) is 0 Å². The summed E-state index contributed by atoms with van der Waals surface area (Å²) in [4.78, 5) is 27.0. The van der Waals surface area contributed by atoms with Crippen LogP contribution in [-0.2, 0) is 14.3 Å². The molecule has 1 aromatic rings. The molecule has 2 aliphatic heterocycles. The zero-order chi connectivity index (χ0) is 19.8. The summed E-state index contributed by atoms with van der Waals surface area (Å²) in [6, 6.07) is 6.67. The average molecular weight is 461 g/mol. The van der Waals surface area contributed by atoms with Gasteiger partial charge >= 0.3 is 0 Å². The van der Waals surface area contributed by atoms with Crippen molar-refractivity contribution in [3.63, 3.8) is 0 Å². The summed E-state index contributed by atoms with van der Waals surface area (Å²) in [7, 11) is 0. The maximum atomic E-state index is 12.5. The van der Waals surface area contributed by atoms with Crippen LogP contribution in [0.3, 0.4) is 0 Å². The predicted molar refractivity (Wildman–Crippen MR) is 125 cm³/mol. The standard InChI is InChI=1S/C21H32N4O3.2ClH/c22-20(16-8-12-28-13-9-16)21(27)24-18-7-5-6-17(14-18)23-19(26)15-25-10-3-1-2-4-11-25;;/h5-7,14,16,20H,1-4,8-13,15,22H2,(H,23,26)(H,24,27);2*1H. The second kappa shape index (κ2) is 13.8. The lowest BCUT2D eigenvalue weighted by atomic mass is 9.92. The van der Waals surface area contributed by atoms with Crippen LogP contribution in [-0.4, -0.2) is 55.6 Å². The number of nitrogens with two attached hydrogens (primary N) is 1. The topological polar surface area (TPSA) is 96.7 Å². The molecule has 170 valence electrons. The fourth-order valence-electron chi connectivity index (χ4n) is 3.89. The van der Waals surface area contributed by atoms with Gasteiger partial charge in [-0.05, 0) is 62.9 Å². The number of hydrogen-bond donors (Lipinski definition) is 3. The van der Waals surface area contributed by atoms with Crippen LogP contribution in [0.5, 0.6) is 0 Å². The Labute approximate surface area is 191 Å². The average Bonchev–Trinajstić information content (AvgIpc) is 2.97. The number of benzene rings is 1. The second-order valence-electron chi connectivity index (χ2n) is 7.78. The molecule has 0 aliphatic carbocycles. The molecule has 1 aromatic carbocycles. The number of rotatable bonds is 6. The lowest BCUT2D eigenvalue weighted by Gasteiger charge is -2.26. The maximum absolute atomic E-state index is 12.5. The van der Waals surface area contributed by atoms with Gasteiger partial charge < -0.3 is 21.1 Å². The van der Waals surface area contributed by atoms with Crippen molar-refractivity contribution in [2.45, 2.75) is 44.6 Å². The third-order valence-electron chi connectivity index (χ3n) is 5.56. The first-order valence-electron chi connectivity index (χ1n) is 10.4. The zero-order valence-corrected chi connectivity index (χ0v) is 18.9. The third kappa shape index (κ3) is 8.40. The van der Waals surface area contributed by atoms with E-state index in [2.05, 4.69) is 15.5 Å². The Kier molecular flexibility index (Phi) is 12.3. The molecule has 0 saturated carbocycles. The number of hydrogen-bond acceptors (Lipinski definition) is 5. The first-order chi connectivity index (χ1) is 13.6. The van der Waals surface area contributed by atoms with Gasteiger partial charge in [0.1, 0.15) is 0 Å². The second-order valence-corrected chi connectivity index (χ2v) is 7.78. The molecule has 0 aromatic heterocycles. The number of anilines is 2. The molecule has 0 spiro atoms. The van der Waals surface area contributed by atoms with Crippen molar-refractivity contribution in [2.24, 2.45) is 11.7 Å². The molecule has 30 heavy (non-hydrogen) atoms. The van der Waals surface area contributed by atoms with Crippen LogP contribution in [0.2, 0.25) is 0 Å². The van der Waals surface area contributed by atoms with Crippen molar-refractivity contribution in [1.82, 2.24) is 4.90 Å². The normalized spacial score (nSPS) is 18.8. The summed E-state index contributed by atoms with van der Waals surface area (Å²) in [6.45, 7) is 3.68. The molecule has 0 bridgehead atoms. The van der Waals surface area contributed by atoms with Gasteiger partial charge in [0.05, 0.1) is 12.6 Å². The molecule has 7 nitrogen and oxygen atoms in total. The minimum atomic E-state index is -0.551. The summed E-state index contributed by atoms with van der Waals surface area (Å²) < 4.78 is 5.33. The van der Waals surface area contributed by atoms with E-state index in [0.29, 0.717) is 31.1 Å². The highest BCUT2D eigenvalue weighted by Gasteiger charge is 2.26. The zero-order valence-electron chi connectivity index (χ0n) is 17.3. The van der Waals surface area contributed by atoms with E-state index in [-0.39, 0.29) is 42.5 Å². The number of amides is 2. The van der Waals surface area contributed by atoms with Crippen LogP contribution in [0.1, 0.15) is 38.5 Å². The molecule has 9 heteroatoms. The molecule has 2 saturated heterocycles. The quantitative estimate of drug-likeness (QED) is 0.605. The summed E-state index contributed by atoms with van der Waals surface area (Å²) in [6.07, 6.45) is 6.42. The monoisotopic (exact) mass is 460 g/mol. The van der Waals surface area contributed by atoms with Crippen LogP contribution in [0.15, 0.2) is 24.3 Å². The van der Waals surface area contributed by atoms with Gasteiger partial charge in [0, 0.05) is 24.6 Å². The van der Waals surface area contributed by atoms with E-state index < -0.39 is 6.04 Å². The first kappa shape index (κ1) is 26.7. The predicted octanol–water partition coefficient (Wildman–Crippen LogP) is 3.04. The Bertz CT molecular complexity index is 663. The lowest BCUT2D eigenvalue weighted by Crippen LogP contribution is -2.44. The maximum Gasteiger partial charge on any atom is 0.241 e. The van der Waals surface area contributed by atoms with E-state index in [1.165, 1.54) is 12.8 Å². The highest BCUT2D eigenvalue weighted by atomic mass is 35.5. The largest absolute Gasteiger partial charge is 0.381 e. The number of carbonyl (C=O) groups is 2. The lowest BCUT2D eigenvalue weighted by molar-refractivity contribution is -0.119. The van der Waals surface area contributed by atoms with Gasteiger partial charge in [-0.1, -0.05) is 18.9 Å². The smallest absolute Gasteiger partial charge is 0.241 e. The Morgan fingerprint density at radius 2 is 1.63 bits per heavy atom. The van der Waals surface area contributed by atoms with E-state index in [9.17, 15) is 9.59 Å². The molecular formula is C21H34Cl2N4O3. The van der Waals surface area contributed by atoms with Gasteiger partial charge in [-0.2, -0.15) is 0 Å². The summed E-state index contributed by atoms with van der Waals surface area (Å²) in [5.74, 6) is -0.0745. The molecular weight excluding hydrogens is 427 g/mol. The highest BCUT2D eigenvalue weighted by molar-refractivity contribution is 5.96. The Hall–Kier alpha value is -1.38. The van der Waals surface area contributed by atoms with E-state index in [1.807, 2.05) is 12.1 Å². The number of ether oxygens (including phenoxy) is 1. The van der Waals surface area contributed by atoms with Gasteiger partial charge in [0.2, 0.25) is 11.8 Å². The van der Waals surface area contributed by atoms with Gasteiger partial charge in [-0.15, -0.1) is 24.8 Å². The minimum absolute atomic E-state index is 0. The molecule has 0 radical (unpaired) electrons. The van der Waals surface area contributed by atoms with Crippen LogP contribution in [0.4, 0.5) is 11.4 Å². The van der Waals surface area contributed by atoms with Crippen LogP contribution in [0.25, 0.3) is 0 Å². The fraction of sp³-hybridized carbons (Fsp3) is 0.619. The number of nitrogens with one attached hydrogen (secondary N) is 2. The first-order valence-corrected chi connectivity index (χ1v) is 10.4. The minimum Gasteiger partial charge on any atom is -0.381 e. The fourth-order valence-corrected chi connectivity index (χ4v) is 3.89. The summed E-state index contributed by atoms with van der Waals surface area (Å²) in [5.41, 5.74) is 7.45. The molecule has 1 atom stereocenters. The summed E-state index contributed by atoms with van der Waals surface area (Å²) in [5, 5.41) is 5.81. The van der Waals surface area contributed by atoms with Crippen molar-refractivity contribution in [3.8, 4) is 0 Å². The van der Waals surface area contributed by atoms with Crippen molar-refractivity contribution >= 4 is 48.0 Å². The molecule has 2 fully saturated rings. The Morgan fingerprint density at radius 1 is 1.03 bits per heavy atom. The van der Waals surface area contributed by atoms with Gasteiger partial charge in [0.25, 0.3) is 0 Å². The highest BCUT2D eigenvalue weighted by Crippen LogP contribution is 2.20. The van der Waals surface area contributed by atoms with Crippen molar-refractivity contribution in [2.75, 3.05) is 43.5 Å². The third-order valence-corrected chi connectivity index (χ3v) is 5.56. The molecule has 3 rings (SSSR count). The Morgan fingerprint density at radius 3 is 2.27 bits per heavy atom. The molecule has 2 amide bonds. The molecule has 1 unspecified atom stereocenters. The van der Waals surface area contributed by atoms with E-state index in [4.69, 9.17) is 10.5 Å². The van der Waals surface area contributed by atoms with E-state index in [0.717, 1.165) is 38.8 Å². The SMILES string of the molecule is Cl.Cl.NC(C(=O)Nc1cccc(NC(=O)CN2CCCCCC2)c1)C1CCOCC1. The molecule has 2 aliphatic rings. The van der Waals surface area contributed by atoms with E-state index in [1.54, 1.807) is 12.1 Å². The summed E-state index contributed by atoms with van der Waals surface area (Å²) >= 11 is 0. The Balaban J connectivity index is 0.00000225. The van der Waals surface area contributed by atoms with Crippen LogP contribution < -0.4 is 16.4 Å². The van der Waals surface area contributed by atoms with Crippen molar-refractivity contribution in [1.29, 1.82) is 0 Å². The van der Waals surface area contributed by atoms with Gasteiger partial charge in [-0.25, -0.2) is 0 Å². The number of carbonyl (C=O) groups excluding carboxylic acids is 2. The number of likely N-dealkylation sites (tertiary alicyclic amines) is 1. The van der Waals surface area contributed by atoms with Crippen molar-refractivity contribution < 1.29 is 14.3 Å².